The van der Waals surface area contributed by atoms with Crippen molar-refractivity contribution in [2.45, 2.75) is 233 Å². The number of hydrogen-bond acceptors (Lipinski definition) is 27. The number of aliphatic hydroxyl groups is 12. The maximum atomic E-state index is 13.9. The molecule has 6 rings (SSSR count). The fourth-order valence-corrected chi connectivity index (χ4v) is 11.1. The summed E-state index contributed by atoms with van der Waals surface area (Å²) in [4.78, 5) is 64.1. The molecule has 0 radical (unpaired) electrons. The molecule has 0 spiro atoms. The fourth-order valence-electron chi connectivity index (χ4n) is 11.1. The highest BCUT2D eigenvalue weighted by molar-refractivity contribution is 5.94. The van der Waals surface area contributed by atoms with Crippen molar-refractivity contribution in [3.63, 3.8) is 0 Å². The first-order valence-corrected chi connectivity index (χ1v) is 29.5. The van der Waals surface area contributed by atoms with Gasteiger partial charge in [0.15, 0.2) is 31.5 Å². The number of aliphatic hydroxyl groups excluding tert-OH is 12. The minimum absolute atomic E-state index is 0.0576. The van der Waals surface area contributed by atoms with Gasteiger partial charge in [0.1, 0.15) is 128 Å². The van der Waals surface area contributed by atoms with E-state index >= 15 is 0 Å². The molecule has 32 heteroatoms. The molecule has 0 saturated carbocycles. The quantitative estimate of drug-likeness (QED) is 0.0262. The highest BCUT2D eigenvalue weighted by Gasteiger charge is 2.58. The van der Waals surface area contributed by atoms with Crippen LogP contribution >= 0.6 is 0 Å². The summed E-state index contributed by atoms with van der Waals surface area (Å²) in [5, 5.41) is 145. The number of hydrogen-bond donors (Lipinski definition) is 17. The third kappa shape index (κ3) is 18.7. The Morgan fingerprint density at radius 1 is 0.455 bits per heavy atom. The third-order valence-corrected chi connectivity index (χ3v) is 15.5. The van der Waals surface area contributed by atoms with Crippen LogP contribution in [0.25, 0.3) is 0 Å². The highest BCUT2D eigenvalue weighted by atomic mass is 16.8. The van der Waals surface area contributed by atoms with E-state index in [1.165, 1.54) is 25.0 Å². The van der Waals surface area contributed by atoms with E-state index in [4.69, 9.17) is 47.4 Å². The molecule has 500 valence electrons. The summed E-state index contributed by atoms with van der Waals surface area (Å²) in [6, 6.07) is -2.18. The lowest BCUT2D eigenvalue weighted by Gasteiger charge is -2.51. The Balaban J connectivity index is 1.18. The van der Waals surface area contributed by atoms with E-state index in [-0.39, 0.29) is 5.56 Å². The van der Waals surface area contributed by atoms with Gasteiger partial charge in [-0.1, -0.05) is 44.4 Å². The molecule has 5 aliphatic rings. The van der Waals surface area contributed by atoms with Crippen LogP contribution in [0.2, 0.25) is 0 Å². The third-order valence-electron chi connectivity index (χ3n) is 15.5. The van der Waals surface area contributed by atoms with Crippen molar-refractivity contribution >= 4 is 29.5 Å². The van der Waals surface area contributed by atoms with E-state index in [1.54, 1.807) is 12.1 Å². The van der Waals surface area contributed by atoms with Gasteiger partial charge in [-0.15, -0.1) is 0 Å². The van der Waals surface area contributed by atoms with Crippen molar-refractivity contribution < 1.29 is 133 Å². The van der Waals surface area contributed by atoms with E-state index in [9.17, 15) is 85.3 Å². The van der Waals surface area contributed by atoms with Crippen LogP contribution in [0.1, 0.15) is 89.9 Å². The molecule has 12 unspecified atom stereocenters. The van der Waals surface area contributed by atoms with Gasteiger partial charge in [-0.3, -0.25) is 24.0 Å². The Morgan fingerprint density at radius 2 is 0.830 bits per heavy atom. The van der Waals surface area contributed by atoms with Crippen molar-refractivity contribution in [2.75, 3.05) is 39.6 Å². The second kappa shape index (κ2) is 34.6. The van der Waals surface area contributed by atoms with Gasteiger partial charge in [-0.05, 0) is 43.9 Å². The van der Waals surface area contributed by atoms with Gasteiger partial charge >= 0.3 is 0 Å². The van der Waals surface area contributed by atoms with Crippen LogP contribution in [0.5, 0.6) is 5.75 Å². The molecule has 0 bridgehead atoms. The monoisotopic (exact) mass is 1260 g/mol. The van der Waals surface area contributed by atoms with Crippen LogP contribution in [0, 0.1) is 0 Å². The second-order valence-corrected chi connectivity index (χ2v) is 22.2. The SMILES string of the molecule is CCCCCC/C=C\CCCOc1cccc(C(=O)N[C@@H]2C(O[C@H]3C(O)C(NC(C)=O)[C@H](OC4C(CO)O[C@@H](O[C@H]5C(O)C(NC(C)=O)C(OC6C(CO)OC(O)[C@@H](NC(C)=O)[C@H]6O)O[C@H]5CO)[C@@H](NC(C)=O)[C@H]4O)O[C@H]3CO)OC(CO)[C@@H](O)[C@@H]2O)c1. The maximum absolute atomic E-state index is 13.9. The molecule has 5 saturated heterocycles. The zero-order valence-corrected chi connectivity index (χ0v) is 49.6. The minimum atomic E-state index is -2.03. The molecule has 5 heterocycles. The van der Waals surface area contributed by atoms with Crippen molar-refractivity contribution in [2.24, 2.45) is 0 Å². The molecule has 1 aromatic carbocycles. The van der Waals surface area contributed by atoms with E-state index in [2.05, 4.69) is 45.7 Å². The summed E-state index contributed by atoms with van der Waals surface area (Å²) in [7, 11) is 0. The first kappa shape index (κ1) is 72.3. The Bertz CT molecular complexity index is 2400. The maximum Gasteiger partial charge on any atom is 0.251 e. The zero-order chi connectivity index (χ0) is 64.5. The number of allylic oxidation sites excluding steroid dienone is 2. The van der Waals surface area contributed by atoms with Crippen LogP contribution in [-0.4, -0.2) is 284 Å². The summed E-state index contributed by atoms with van der Waals surface area (Å²) in [5.74, 6) is -3.54. The topological polar surface area (TPSA) is 481 Å². The second-order valence-electron chi connectivity index (χ2n) is 22.2. The van der Waals surface area contributed by atoms with Gasteiger partial charge < -0.3 is 135 Å². The largest absolute Gasteiger partial charge is 0.494 e. The van der Waals surface area contributed by atoms with Crippen LogP contribution in [0.15, 0.2) is 36.4 Å². The number of carbonyl (C=O) groups is 5. The van der Waals surface area contributed by atoms with Gasteiger partial charge in [0.25, 0.3) is 5.91 Å². The molecule has 5 aliphatic heterocycles. The molecule has 0 aliphatic carbocycles. The molecule has 32 nitrogen and oxygen atoms in total. The molecule has 5 amide bonds. The lowest BCUT2D eigenvalue weighted by molar-refractivity contribution is -0.367. The van der Waals surface area contributed by atoms with Crippen molar-refractivity contribution in [1.82, 2.24) is 26.6 Å². The molecule has 0 aromatic heterocycles. The summed E-state index contributed by atoms with van der Waals surface area (Å²) in [5.41, 5.74) is 0.0576. The van der Waals surface area contributed by atoms with E-state index in [0.29, 0.717) is 18.8 Å². The van der Waals surface area contributed by atoms with Crippen LogP contribution in [0.3, 0.4) is 0 Å². The predicted octanol–water partition coefficient (Wildman–Crippen LogP) is -6.23. The Hall–Kier alpha value is -4.73. The Morgan fingerprint density at radius 3 is 1.24 bits per heavy atom. The number of nitrogens with one attached hydrogen (secondary N) is 5. The van der Waals surface area contributed by atoms with Gasteiger partial charge in [0.05, 0.1) is 39.6 Å². The molecule has 88 heavy (non-hydrogen) atoms. The Labute approximate surface area is 507 Å². The van der Waals surface area contributed by atoms with Crippen molar-refractivity contribution in [3.05, 3.63) is 42.0 Å². The smallest absolute Gasteiger partial charge is 0.251 e. The summed E-state index contributed by atoms with van der Waals surface area (Å²) in [6.07, 6.45) is -24.4. The van der Waals surface area contributed by atoms with Crippen molar-refractivity contribution in [1.29, 1.82) is 0 Å². The fraction of sp³-hybridized carbons (Fsp3) is 0.768. The Kier molecular flexibility index (Phi) is 28.5. The molecule has 1 aromatic rings. The number of unbranched alkanes of at least 4 members (excludes halogenated alkanes) is 5. The van der Waals surface area contributed by atoms with Crippen molar-refractivity contribution in [3.8, 4) is 5.75 Å². The molecular weight excluding hydrogens is 1170 g/mol. The molecular formula is C56H89N5O27. The number of rotatable bonds is 29. The average molecular weight is 1260 g/mol. The van der Waals surface area contributed by atoms with Crippen LogP contribution in [0.4, 0.5) is 0 Å². The van der Waals surface area contributed by atoms with E-state index in [1.807, 2.05) is 0 Å². The number of ether oxygens (including phenoxy) is 10. The van der Waals surface area contributed by atoms with Crippen LogP contribution < -0.4 is 31.3 Å². The lowest BCUT2D eigenvalue weighted by atomic mass is 9.93. The standard InChI is InChI=1S/C56H89N5O27/c1-6-7-8-9-10-11-12-13-14-18-79-30-17-15-16-29(19-30)51(77)61-37-42(72)41(71)31(20-62)81-53(37)86-48-33(22-64)83-55(39(44(48)74)59-27(4)69)88-50-35(24-66)84-56(40(46(50)76)60-28(5)70)87-49-34(23-65)82-54(38(45(49)75)58-26(3)68)85-47-32(21-63)80-52(78)36(43(47)73)57-25(2)67/h11-12,15-17,19,31-50,52-56,62-66,71-76,78H,6-10,13-14,18,20-24H2,1-5H3,(H,57,67)(H,58,68)(H,59,69)(H,60,70)(H,61,77)/b12-11-/t31?,32?,33-,34-,35?,36-,37-,38?,39?,40-,41+,42+,43+,44?,45?,46+,47?,48+,49+,50?,52?,53?,54?,55-,56-/m0/s1. The van der Waals surface area contributed by atoms with Gasteiger partial charge in [-0.2, -0.15) is 0 Å². The molecule has 17 N–H and O–H groups in total. The minimum Gasteiger partial charge on any atom is -0.494 e. The first-order chi connectivity index (χ1) is 42.0. The first-order valence-electron chi connectivity index (χ1n) is 29.5. The zero-order valence-electron chi connectivity index (χ0n) is 49.6. The van der Waals surface area contributed by atoms with Gasteiger partial charge in [0, 0.05) is 33.3 Å². The predicted molar refractivity (Wildman–Crippen MR) is 297 cm³/mol. The summed E-state index contributed by atoms with van der Waals surface area (Å²) < 4.78 is 59.8. The van der Waals surface area contributed by atoms with E-state index in [0.717, 1.165) is 53.4 Å². The normalized spacial score (nSPS) is 37.8. The van der Waals surface area contributed by atoms with Crippen LogP contribution in [-0.2, 0) is 61.8 Å². The number of carbonyl (C=O) groups excluding carboxylic acids is 5. The number of amides is 5. The van der Waals surface area contributed by atoms with Gasteiger partial charge in [0.2, 0.25) is 23.6 Å². The highest BCUT2D eigenvalue weighted by Crippen LogP contribution is 2.36. The molecule has 25 atom stereocenters. The molecule has 5 fully saturated rings. The summed E-state index contributed by atoms with van der Waals surface area (Å²) >= 11 is 0. The number of benzene rings is 1. The van der Waals surface area contributed by atoms with Gasteiger partial charge in [-0.25, -0.2) is 0 Å². The average Bonchev–Trinajstić information content (AvgIpc) is 1.44. The van der Waals surface area contributed by atoms with E-state index < -0.39 is 216 Å². The lowest BCUT2D eigenvalue weighted by Crippen LogP contribution is -2.72. The summed E-state index contributed by atoms with van der Waals surface area (Å²) in [6.45, 7) is 2.01.